The van der Waals surface area contributed by atoms with Gasteiger partial charge in [-0.3, -0.25) is 4.79 Å². The van der Waals surface area contributed by atoms with Crippen molar-refractivity contribution >= 4 is 5.91 Å². The monoisotopic (exact) mass is 169 g/mol. The second kappa shape index (κ2) is 4.48. The molecule has 1 heterocycles. The highest BCUT2D eigenvalue weighted by Gasteiger charge is 2.23. The van der Waals surface area contributed by atoms with Gasteiger partial charge in [-0.1, -0.05) is 13.8 Å². The molecule has 1 saturated heterocycles. The first-order valence-electron chi connectivity index (χ1n) is 5.09. The summed E-state index contributed by atoms with van der Waals surface area (Å²) in [4.78, 5) is 13.6. The Morgan fingerprint density at radius 1 is 1.33 bits per heavy atom. The molecule has 1 amide bonds. The summed E-state index contributed by atoms with van der Waals surface area (Å²) < 4.78 is 0. The van der Waals surface area contributed by atoms with E-state index in [1.54, 1.807) is 0 Å². The number of hydrogen-bond acceptors (Lipinski definition) is 1. The van der Waals surface area contributed by atoms with E-state index < -0.39 is 0 Å². The molecule has 0 aromatic heterocycles. The van der Waals surface area contributed by atoms with Gasteiger partial charge >= 0.3 is 0 Å². The van der Waals surface area contributed by atoms with Gasteiger partial charge in [0.2, 0.25) is 5.91 Å². The van der Waals surface area contributed by atoms with Crippen molar-refractivity contribution in [3.63, 3.8) is 0 Å². The molecule has 0 aromatic rings. The molecular formula is C10H19NO. The minimum Gasteiger partial charge on any atom is -0.340 e. The zero-order valence-corrected chi connectivity index (χ0v) is 8.18. The van der Waals surface area contributed by atoms with Gasteiger partial charge in [0.05, 0.1) is 0 Å². The van der Waals surface area contributed by atoms with Crippen LogP contribution in [0.2, 0.25) is 0 Å². The molecule has 1 aliphatic rings. The van der Waals surface area contributed by atoms with E-state index in [2.05, 4.69) is 18.7 Å². The van der Waals surface area contributed by atoms with Gasteiger partial charge in [-0.25, -0.2) is 0 Å². The Balaban J connectivity index is 2.51. The quantitative estimate of drug-likeness (QED) is 0.634. The molecule has 0 N–H and O–H groups in total. The molecule has 0 atom stereocenters. The van der Waals surface area contributed by atoms with Crippen molar-refractivity contribution in [2.75, 3.05) is 6.54 Å². The zero-order chi connectivity index (χ0) is 8.97. The lowest BCUT2D eigenvalue weighted by Crippen LogP contribution is -2.42. The van der Waals surface area contributed by atoms with Crippen LogP contribution in [0.15, 0.2) is 0 Å². The molecule has 0 aliphatic carbocycles. The number of piperidine rings is 1. The highest BCUT2D eigenvalue weighted by Crippen LogP contribution is 2.17. The smallest absolute Gasteiger partial charge is 0.222 e. The molecule has 2 nitrogen and oxygen atoms in total. The molecule has 0 spiro atoms. The summed E-state index contributed by atoms with van der Waals surface area (Å²) in [6, 6.07) is 0.498. The second-order valence-corrected chi connectivity index (χ2v) is 3.51. The average molecular weight is 169 g/mol. The van der Waals surface area contributed by atoms with E-state index in [1.807, 2.05) is 0 Å². The van der Waals surface area contributed by atoms with Crippen LogP contribution < -0.4 is 0 Å². The standard InChI is InChI=1S/C10H19NO/c1-3-9(4-2)11-8-6-5-7-10(11)12/h9H,3-8H2,1-2H3. The van der Waals surface area contributed by atoms with Gasteiger partial charge in [0.1, 0.15) is 0 Å². The normalized spacial score (nSPS) is 18.9. The summed E-state index contributed by atoms with van der Waals surface area (Å²) in [6.07, 6.45) is 5.26. The van der Waals surface area contributed by atoms with Crippen LogP contribution in [-0.2, 0) is 4.79 Å². The zero-order valence-electron chi connectivity index (χ0n) is 8.18. The van der Waals surface area contributed by atoms with Crippen molar-refractivity contribution < 1.29 is 4.79 Å². The number of amides is 1. The molecule has 2 heteroatoms. The molecule has 70 valence electrons. The first-order valence-corrected chi connectivity index (χ1v) is 5.09. The SMILES string of the molecule is CCC(CC)N1CCCCC1=O. The molecule has 0 unspecified atom stereocenters. The van der Waals surface area contributed by atoms with Crippen molar-refractivity contribution in [2.24, 2.45) is 0 Å². The molecular weight excluding hydrogens is 150 g/mol. The van der Waals surface area contributed by atoms with Crippen LogP contribution in [0.5, 0.6) is 0 Å². The predicted octanol–water partition coefficient (Wildman–Crippen LogP) is 2.19. The summed E-state index contributed by atoms with van der Waals surface area (Å²) >= 11 is 0. The first kappa shape index (κ1) is 9.56. The second-order valence-electron chi connectivity index (χ2n) is 3.51. The van der Waals surface area contributed by atoms with Gasteiger partial charge in [-0.2, -0.15) is 0 Å². The lowest BCUT2D eigenvalue weighted by atomic mass is 10.0. The van der Waals surface area contributed by atoms with Crippen molar-refractivity contribution in [2.45, 2.75) is 52.0 Å². The Kier molecular flexibility index (Phi) is 3.57. The fourth-order valence-corrected chi connectivity index (χ4v) is 1.94. The Bertz CT molecular complexity index is 152. The van der Waals surface area contributed by atoms with Crippen LogP contribution in [-0.4, -0.2) is 23.4 Å². The van der Waals surface area contributed by atoms with E-state index in [0.29, 0.717) is 11.9 Å². The number of rotatable bonds is 3. The third-order valence-corrected chi connectivity index (χ3v) is 2.74. The van der Waals surface area contributed by atoms with Crippen molar-refractivity contribution in [3.05, 3.63) is 0 Å². The largest absolute Gasteiger partial charge is 0.340 e. The van der Waals surface area contributed by atoms with Crippen molar-refractivity contribution in [1.82, 2.24) is 4.90 Å². The molecule has 0 aromatic carbocycles. The van der Waals surface area contributed by atoms with Crippen LogP contribution in [0.25, 0.3) is 0 Å². The van der Waals surface area contributed by atoms with E-state index in [4.69, 9.17) is 0 Å². The van der Waals surface area contributed by atoms with Gasteiger partial charge in [0.25, 0.3) is 0 Å². The topological polar surface area (TPSA) is 20.3 Å². The Morgan fingerprint density at radius 3 is 2.50 bits per heavy atom. The Morgan fingerprint density at radius 2 is 2.00 bits per heavy atom. The van der Waals surface area contributed by atoms with Crippen molar-refractivity contribution in [3.8, 4) is 0 Å². The summed E-state index contributed by atoms with van der Waals surface area (Å²) in [6.45, 7) is 5.32. The lowest BCUT2D eigenvalue weighted by Gasteiger charge is -2.33. The van der Waals surface area contributed by atoms with Gasteiger partial charge < -0.3 is 4.90 Å². The molecule has 1 aliphatic heterocycles. The Hall–Kier alpha value is -0.530. The maximum Gasteiger partial charge on any atom is 0.222 e. The summed E-state index contributed by atoms with van der Waals surface area (Å²) in [5.74, 6) is 0.370. The first-order chi connectivity index (χ1) is 5.79. The van der Waals surface area contributed by atoms with E-state index in [1.165, 1.54) is 6.42 Å². The van der Waals surface area contributed by atoms with Crippen LogP contribution >= 0.6 is 0 Å². The fourth-order valence-electron chi connectivity index (χ4n) is 1.94. The number of likely N-dealkylation sites (tertiary alicyclic amines) is 1. The summed E-state index contributed by atoms with van der Waals surface area (Å²) in [7, 11) is 0. The van der Waals surface area contributed by atoms with Crippen LogP contribution in [0.1, 0.15) is 46.0 Å². The average Bonchev–Trinajstić information content (AvgIpc) is 2.10. The molecule has 0 saturated carbocycles. The Labute approximate surface area is 74.9 Å². The van der Waals surface area contributed by atoms with E-state index in [0.717, 1.165) is 32.2 Å². The predicted molar refractivity (Wildman–Crippen MR) is 49.9 cm³/mol. The number of hydrogen-bond donors (Lipinski definition) is 0. The van der Waals surface area contributed by atoms with Crippen LogP contribution in [0.4, 0.5) is 0 Å². The van der Waals surface area contributed by atoms with E-state index >= 15 is 0 Å². The minimum atomic E-state index is 0.370. The van der Waals surface area contributed by atoms with Crippen LogP contribution in [0.3, 0.4) is 0 Å². The van der Waals surface area contributed by atoms with E-state index in [9.17, 15) is 4.79 Å². The highest BCUT2D eigenvalue weighted by molar-refractivity contribution is 5.77. The summed E-state index contributed by atoms with van der Waals surface area (Å²) in [5, 5.41) is 0. The molecule has 1 fully saturated rings. The highest BCUT2D eigenvalue weighted by atomic mass is 16.2. The molecule has 0 radical (unpaired) electrons. The number of carbonyl (C=O) groups is 1. The van der Waals surface area contributed by atoms with Crippen molar-refractivity contribution in [1.29, 1.82) is 0 Å². The summed E-state index contributed by atoms with van der Waals surface area (Å²) in [5.41, 5.74) is 0. The van der Waals surface area contributed by atoms with Gasteiger partial charge in [-0.05, 0) is 25.7 Å². The van der Waals surface area contributed by atoms with E-state index in [-0.39, 0.29) is 0 Å². The maximum atomic E-state index is 11.5. The molecule has 12 heavy (non-hydrogen) atoms. The maximum absolute atomic E-state index is 11.5. The molecule has 0 bridgehead atoms. The number of nitrogens with zero attached hydrogens (tertiary/aromatic N) is 1. The fraction of sp³-hybridized carbons (Fsp3) is 0.900. The third-order valence-electron chi connectivity index (χ3n) is 2.74. The number of carbonyl (C=O) groups excluding carboxylic acids is 1. The van der Waals surface area contributed by atoms with Gasteiger partial charge in [0.15, 0.2) is 0 Å². The third kappa shape index (κ3) is 1.99. The molecule has 1 rings (SSSR count). The van der Waals surface area contributed by atoms with Gasteiger partial charge in [0, 0.05) is 19.0 Å². The lowest BCUT2D eigenvalue weighted by molar-refractivity contribution is -0.135. The van der Waals surface area contributed by atoms with Crippen LogP contribution in [0, 0.1) is 0 Å². The van der Waals surface area contributed by atoms with Gasteiger partial charge in [-0.15, -0.1) is 0 Å². The minimum absolute atomic E-state index is 0.370.